The summed E-state index contributed by atoms with van der Waals surface area (Å²) in [5, 5.41) is 0. The summed E-state index contributed by atoms with van der Waals surface area (Å²) in [6.07, 6.45) is -1.89. The van der Waals surface area contributed by atoms with Crippen molar-refractivity contribution >= 4 is 18.4 Å². The summed E-state index contributed by atoms with van der Waals surface area (Å²) in [5.41, 5.74) is 6.26. The molecule has 0 saturated carbocycles. The predicted octanol–water partition coefficient (Wildman–Crippen LogP) is 3.80. The number of carbonyl (C=O) groups excluding carboxylic acids is 1. The van der Waals surface area contributed by atoms with Crippen molar-refractivity contribution < 1.29 is 18.7 Å². The highest BCUT2D eigenvalue weighted by Crippen LogP contribution is 2.24. The lowest BCUT2D eigenvalue weighted by Gasteiger charge is -2.16. The summed E-state index contributed by atoms with van der Waals surface area (Å²) in [5.74, 6) is 0.364. The molecule has 4 nitrogen and oxygen atoms in total. The van der Waals surface area contributed by atoms with Gasteiger partial charge in [-0.1, -0.05) is 30.3 Å². The first-order chi connectivity index (χ1) is 10.6. The zero-order valence-electron chi connectivity index (χ0n) is 12.6. The van der Waals surface area contributed by atoms with Crippen LogP contribution >= 0.6 is 12.4 Å². The molecule has 2 atom stereocenters. The number of nitrogens with two attached hydrogens (primary N) is 1. The Morgan fingerprint density at radius 2 is 1.65 bits per heavy atom. The summed E-state index contributed by atoms with van der Waals surface area (Å²) in [6.45, 7) is 1.74. The summed E-state index contributed by atoms with van der Waals surface area (Å²) in [4.78, 5) is 11.4. The van der Waals surface area contributed by atoms with Gasteiger partial charge in [-0.2, -0.15) is 0 Å². The number of halogens is 2. The topological polar surface area (TPSA) is 61.5 Å². The molecular formula is C17H19ClFNO3. The normalized spacial score (nSPS) is 12.7. The lowest BCUT2D eigenvalue weighted by atomic mass is 10.0. The Morgan fingerprint density at radius 3 is 2.22 bits per heavy atom. The molecule has 0 amide bonds. The Morgan fingerprint density at radius 1 is 1.09 bits per heavy atom. The molecule has 2 aromatic carbocycles. The maximum absolute atomic E-state index is 13.9. The number of esters is 1. The molecule has 23 heavy (non-hydrogen) atoms. The predicted molar refractivity (Wildman–Crippen MR) is 88.7 cm³/mol. The van der Waals surface area contributed by atoms with Crippen molar-refractivity contribution in [1.29, 1.82) is 0 Å². The van der Waals surface area contributed by atoms with Crippen LogP contribution < -0.4 is 10.5 Å². The van der Waals surface area contributed by atoms with Crippen LogP contribution in [0.25, 0.3) is 0 Å². The summed E-state index contributed by atoms with van der Waals surface area (Å²) in [6, 6.07) is 14.9. The smallest absolute Gasteiger partial charge is 0.342 e. The van der Waals surface area contributed by atoms with Crippen LogP contribution in [0.4, 0.5) is 4.39 Å². The van der Waals surface area contributed by atoms with E-state index in [0.717, 1.165) is 0 Å². The van der Waals surface area contributed by atoms with Crippen LogP contribution in [0.3, 0.4) is 0 Å². The minimum Gasteiger partial charge on any atom is -0.464 e. The molecule has 124 valence electrons. The fraction of sp³-hybridized carbons (Fsp3) is 0.235. The monoisotopic (exact) mass is 339 g/mol. The van der Waals surface area contributed by atoms with Gasteiger partial charge in [0.2, 0.25) is 6.17 Å². The Kier molecular flexibility index (Phi) is 7.51. The van der Waals surface area contributed by atoms with Gasteiger partial charge >= 0.3 is 5.97 Å². The van der Waals surface area contributed by atoms with Crippen molar-refractivity contribution in [2.45, 2.75) is 19.1 Å². The van der Waals surface area contributed by atoms with E-state index in [9.17, 15) is 9.18 Å². The molecule has 2 N–H and O–H groups in total. The number of para-hydroxylation sites is 1. The van der Waals surface area contributed by atoms with Crippen LogP contribution in [-0.2, 0) is 9.53 Å². The third kappa shape index (κ3) is 5.23. The van der Waals surface area contributed by atoms with Crippen molar-refractivity contribution in [2.24, 2.45) is 5.73 Å². The fourth-order valence-electron chi connectivity index (χ4n) is 1.92. The van der Waals surface area contributed by atoms with Crippen molar-refractivity contribution in [1.82, 2.24) is 0 Å². The molecule has 0 fully saturated rings. The van der Waals surface area contributed by atoms with Gasteiger partial charge < -0.3 is 15.2 Å². The van der Waals surface area contributed by atoms with E-state index in [0.29, 0.717) is 17.1 Å². The zero-order chi connectivity index (χ0) is 15.9. The van der Waals surface area contributed by atoms with Crippen molar-refractivity contribution in [3.05, 3.63) is 60.2 Å². The molecule has 0 saturated heterocycles. The molecule has 2 rings (SSSR count). The van der Waals surface area contributed by atoms with Crippen LogP contribution in [0.1, 0.15) is 18.5 Å². The van der Waals surface area contributed by atoms with Crippen LogP contribution in [0.5, 0.6) is 11.5 Å². The number of benzene rings is 2. The lowest BCUT2D eigenvalue weighted by Crippen LogP contribution is -2.31. The summed E-state index contributed by atoms with van der Waals surface area (Å²) >= 11 is 0. The molecule has 2 aromatic rings. The van der Waals surface area contributed by atoms with E-state index in [1.807, 2.05) is 30.3 Å². The molecule has 0 aromatic heterocycles. The van der Waals surface area contributed by atoms with Crippen molar-refractivity contribution in [3.8, 4) is 11.5 Å². The molecule has 6 heteroatoms. The highest BCUT2D eigenvalue weighted by atomic mass is 35.5. The van der Waals surface area contributed by atoms with Crippen molar-refractivity contribution in [3.63, 3.8) is 0 Å². The number of alkyl halides is 1. The van der Waals surface area contributed by atoms with Gasteiger partial charge in [0.05, 0.1) is 12.6 Å². The molecule has 1 unspecified atom stereocenters. The average Bonchev–Trinajstić information content (AvgIpc) is 2.55. The van der Waals surface area contributed by atoms with E-state index in [4.69, 9.17) is 10.5 Å². The Balaban J connectivity index is 0.00000264. The van der Waals surface area contributed by atoms with E-state index >= 15 is 0 Å². The van der Waals surface area contributed by atoms with Crippen LogP contribution in [0.2, 0.25) is 0 Å². The van der Waals surface area contributed by atoms with Gasteiger partial charge in [0, 0.05) is 0 Å². The van der Waals surface area contributed by atoms with E-state index in [1.165, 1.54) is 0 Å². The van der Waals surface area contributed by atoms with Gasteiger partial charge in [0.15, 0.2) is 0 Å². The lowest BCUT2D eigenvalue weighted by molar-refractivity contribution is -0.149. The zero-order valence-corrected chi connectivity index (χ0v) is 13.5. The van der Waals surface area contributed by atoms with E-state index in [2.05, 4.69) is 4.74 Å². The van der Waals surface area contributed by atoms with Gasteiger partial charge in [-0.3, -0.25) is 0 Å². The number of hydrogen-bond donors (Lipinski definition) is 1. The number of hydrogen-bond acceptors (Lipinski definition) is 4. The Labute approximate surface area is 140 Å². The molecule has 0 bridgehead atoms. The van der Waals surface area contributed by atoms with E-state index in [-0.39, 0.29) is 19.0 Å². The van der Waals surface area contributed by atoms with Gasteiger partial charge in [-0.15, -0.1) is 12.4 Å². The highest BCUT2D eigenvalue weighted by molar-refractivity contribution is 5.85. The second-order valence-corrected chi connectivity index (χ2v) is 4.66. The molecule has 0 aliphatic rings. The SMILES string of the molecule is CCOC(=O)C(F)[C@@H](N)c1ccc(Oc2ccccc2)cc1.Cl. The first-order valence-electron chi connectivity index (χ1n) is 7.01. The first kappa shape index (κ1) is 18.9. The number of rotatable bonds is 6. The molecule has 0 aliphatic carbocycles. The van der Waals surface area contributed by atoms with Gasteiger partial charge in [0.1, 0.15) is 11.5 Å². The number of carbonyl (C=O) groups is 1. The minimum atomic E-state index is -1.89. The van der Waals surface area contributed by atoms with Crippen LogP contribution in [0, 0.1) is 0 Å². The molecule has 0 spiro atoms. The molecular weight excluding hydrogens is 321 g/mol. The Bertz CT molecular complexity index is 607. The van der Waals surface area contributed by atoms with E-state index < -0.39 is 18.2 Å². The molecule has 0 radical (unpaired) electrons. The van der Waals surface area contributed by atoms with Crippen LogP contribution in [-0.4, -0.2) is 18.7 Å². The van der Waals surface area contributed by atoms with E-state index in [1.54, 1.807) is 31.2 Å². The quantitative estimate of drug-likeness (QED) is 0.813. The summed E-state index contributed by atoms with van der Waals surface area (Å²) in [7, 11) is 0. The second-order valence-electron chi connectivity index (χ2n) is 4.66. The van der Waals surface area contributed by atoms with Gasteiger partial charge in [0.25, 0.3) is 0 Å². The largest absolute Gasteiger partial charge is 0.464 e. The second kappa shape index (κ2) is 9.12. The van der Waals surface area contributed by atoms with Gasteiger partial charge in [-0.25, -0.2) is 9.18 Å². The van der Waals surface area contributed by atoms with Crippen molar-refractivity contribution in [2.75, 3.05) is 6.61 Å². The molecule has 0 aliphatic heterocycles. The van der Waals surface area contributed by atoms with Crippen LogP contribution in [0.15, 0.2) is 54.6 Å². The standard InChI is InChI=1S/C17H18FNO3.ClH/c1-2-21-17(20)15(18)16(19)12-8-10-14(11-9-12)22-13-6-4-3-5-7-13;/h3-11,15-16H,2,19H2,1H3;1H/t15?,16-;/m0./s1. The fourth-order valence-corrected chi connectivity index (χ4v) is 1.92. The number of ether oxygens (including phenoxy) is 2. The minimum absolute atomic E-state index is 0. The Hall–Kier alpha value is -2.11. The maximum atomic E-state index is 13.9. The summed E-state index contributed by atoms with van der Waals surface area (Å²) < 4.78 is 24.1. The van der Waals surface area contributed by atoms with Gasteiger partial charge in [-0.05, 0) is 36.8 Å². The maximum Gasteiger partial charge on any atom is 0.342 e. The average molecular weight is 340 g/mol. The molecule has 0 heterocycles. The third-order valence-electron chi connectivity index (χ3n) is 3.07. The first-order valence-corrected chi connectivity index (χ1v) is 7.01. The third-order valence-corrected chi connectivity index (χ3v) is 3.07. The highest BCUT2D eigenvalue weighted by Gasteiger charge is 2.27.